The van der Waals surface area contributed by atoms with Crippen LogP contribution in [0.15, 0.2) is 66.0 Å². The lowest BCUT2D eigenvalue weighted by atomic mass is 9.90. The molecule has 0 spiro atoms. The molecule has 0 bridgehead atoms. The van der Waals surface area contributed by atoms with Crippen LogP contribution < -0.4 is 14.9 Å². The first-order valence-corrected chi connectivity index (χ1v) is 12.7. The van der Waals surface area contributed by atoms with E-state index < -0.39 is 26.9 Å². The molecule has 1 aromatic heterocycles. The fourth-order valence-corrected chi connectivity index (χ4v) is 4.03. The molecule has 4 rings (SSSR count). The summed E-state index contributed by atoms with van der Waals surface area (Å²) in [6.07, 6.45) is 3.89. The zero-order valence-electron chi connectivity index (χ0n) is 19.8. The number of non-ortho nitro benzene ring substituents is 1. The highest BCUT2D eigenvalue weighted by Crippen LogP contribution is 2.38. The van der Waals surface area contributed by atoms with E-state index in [-0.39, 0.29) is 24.8 Å². The van der Waals surface area contributed by atoms with E-state index in [1.54, 1.807) is 19.1 Å². The number of amides is 1. The highest BCUT2D eigenvalue weighted by Gasteiger charge is 2.25. The number of hydrogen-bond donors (Lipinski definition) is 1. The van der Waals surface area contributed by atoms with Crippen LogP contribution in [0.2, 0.25) is 0 Å². The Morgan fingerprint density at radius 3 is 2.41 bits per heavy atom. The van der Waals surface area contributed by atoms with Gasteiger partial charge < -0.3 is 9.47 Å². The topological polar surface area (TPSA) is 159 Å². The zero-order chi connectivity index (χ0) is 26.6. The molecule has 0 radical (unpaired) electrons. The highest BCUT2D eigenvalue weighted by molar-refractivity contribution is 7.85. The first-order chi connectivity index (χ1) is 17.6. The minimum atomic E-state index is -3.70. The first kappa shape index (κ1) is 25.7. The molecule has 12 nitrogen and oxygen atoms in total. The lowest BCUT2D eigenvalue weighted by Crippen LogP contribution is -2.22. The molecule has 1 unspecified atom stereocenters. The van der Waals surface area contributed by atoms with Crippen molar-refractivity contribution in [3.8, 4) is 11.5 Å². The molecule has 0 fully saturated rings. The van der Waals surface area contributed by atoms with Crippen LogP contribution in [0.1, 0.15) is 39.9 Å². The summed E-state index contributed by atoms with van der Waals surface area (Å²) in [5.41, 5.74) is 4.51. The van der Waals surface area contributed by atoms with Crippen molar-refractivity contribution in [3.05, 3.63) is 93.3 Å². The third kappa shape index (κ3) is 6.26. The van der Waals surface area contributed by atoms with Crippen LogP contribution in [0.4, 0.5) is 5.69 Å². The fourth-order valence-electron chi connectivity index (χ4n) is 3.58. The Morgan fingerprint density at radius 1 is 1.14 bits per heavy atom. The van der Waals surface area contributed by atoms with E-state index >= 15 is 0 Å². The Labute approximate surface area is 212 Å². The normalized spacial score (nSPS) is 13.7. The monoisotopic (exact) mass is 526 g/mol. The van der Waals surface area contributed by atoms with E-state index in [9.17, 15) is 23.3 Å². The maximum Gasteiger partial charge on any atom is 0.271 e. The van der Waals surface area contributed by atoms with Gasteiger partial charge in [0.15, 0.2) is 11.5 Å². The summed E-state index contributed by atoms with van der Waals surface area (Å²) < 4.78 is 39.2. The van der Waals surface area contributed by atoms with Crippen molar-refractivity contribution in [3.63, 3.8) is 0 Å². The number of rotatable bonds is 9. The number of benzene rings is 2. The van der Waals surface area contributed by atoms with Crippen LogP contribution in [0.25, 0.3) is 0 Å². The van der Waals surface area contributed by atoms with Crippen molar-refractivity contribution in [2.75, 3.05) is 19.7 Å². The predicted molar refractivity (Wildman–Crippen MR) is 132 cm³/mol. The number of pyridine rings is 1. The van der Waals surface area contributed by atoms with E-state index in [2.05, 4.69) is 15.5 Å². The summed E-state index contributed by atoms with van der Waals surface area (Å²) in [7, 11) is -3.70. The van der Waals surface area contributed by atoms with Crippen LogP contribution in [0.5, 0.6) is 11.5 Å². The van der Waals surface area contributed by atoms with Crippen LogP contribution in [-0.2, 0) is 14.3 Å². The molecule has 2 aromatic carbocycles. The van der Waals surface area contributed by atoms with Gasteiger partial charge in [0.05, 0.1) is 23.5 Å². The summed E-state index contributed by atoms with van der Waals surface area (Å²) in [5.74, 6) is -0.0881. The van der Waals surface area contributed by atoms with Crippen molar-refractivity contribution in [1.82, 2.24) is 10.4 Å². The molecule has 13 heteroatoms. The number of nitro benzene ring substituents is 1. The first-order valence-electron chi connectivity index (χ1n) is 10.9. The molecule has 1 N–H and O–H groups in total. The maximum absolute atomic E-state index is 12.7. The van der Waals surface area contributed by atoms with Gasteiger partial charge in [0.1, 0.15) is 0 Å². The van der Waals surface area contributed by atoms with Crippen LogP contribution in [-0.4, -0.2) is 49.6 Å². The lowest BCUT2D eigenvalue weighted by molar-refractivity contribution is -0.384. The molecular weight excluding hydrogens is 504 g/mol. The fraction of sp³-hybridized carbons (Fsp3) is 0.208. The second-order valence-corrected chi connectivity index (χ2v) is 9.77. The molecule has 0 saturated heterocycles. The Kier molecular flexibility index (Phi) is 7.45. The Morgan fingerprint density at radius 2 is 1.78 bits per heavy atom. The number of hydrogen-bond acceptors (Lipinski definition) is 10. The maximum atomic E-state index is 12.7. The van der Waals surface area contributed by atoms with E-state index in [0.29, 0.717) is 33.8 Å². The van der Waals surface area contributed by atoms with Gasteiger partial charge in [-0.15, -0.1) is 0 Å². The Balaban J connectivity index is 1.81. The number of aromatic nitrogens is 1. The molecule has 0 aliphatic carbocycles. The summed E-state index contributed by atoms with van der Waals surface area (Å²) in [5, 5.41) is 15.5. The van der Waals surface area contributed by atoms with Gasteiger partial charge in [-0.1, -0.05) is 6.92 Å². The van der Waals surface area contributed by atoms with E-state index in [4.69, 9.17) is 13.7 Å². The largest absolute Gasteiger partial charge is 0.454 e. The zero-order valence-corrected chi connectivity index (χ0v) is 20.6. The molecule has 0 saturated carbocycles. The van der Waals surface area contributed by atoms with Crippen molar-refractivity contribution in [2.24, 2.45) is 5.10 Å². The Hall–Kier alpha value is -4.36. The molecule has 3 aromatic rings. The van der Waals surface area contributed by atoms with Crippen LogP contribution in [0.3, 0.4) is 0 Å². The number of ether oxygens (including phenoxy) is 2. The van der Waals surface area contributed by atoms with E-state index in [0.717, 1.165) is 6.26 Å². The summed E-state index contributed by atoms with van der Waals surface area (Å²) in [6.45, 7) is 1.59. The van der Waals surface area contributed by atoms with Crippen LogP contribution in [0, 0.1) is 10.1 Å². The van der Waals surface area contributed by atoms with Gasteiger partial charge >= 0.3 is 0 Å². The number of fused-ring (bicyclic) bond motifs is 1. The van der Waals surface area contributed by atoms with Crippen molar-refractivity contribution in [1.29, 1.82) is 0 Å². The average Bonchev–Trinajstić information content (AvgIpc) is 3.35. The minimum Gasteiger partial charge on any atom is -0.454 e. The summed E-state index contributed by atoms with van der Waals surface area (Å²) >= 11 is 0. The number of nitrogens with one attached hydrogen (secondary N) is 1. The summed E-state index contributed by atoms with van der Waals surface area (Å²) in [6, 6.07) is 12.0. The smallest absolute Gasteiger partial charge is 0.271 e. The van der Waals surface area contributed by atoms with Gasteiger partial charge in [0.2, 0.25) is 6.79 Å². The molecule has 1 aliphatic heterocycles. The predicted octanol–water partition coefficient (Wildman–Crippen LogP) is 2.98. The quantitative estimate of drug-likeness (QED) is 0.191. The van der Waals surface area contributed by atoms with Gasteiger partial charge in [-0.3, -0.25) is 24.1 Å². The van der Waals surface area contributed by atoms with Gasteiger partial charge in [-0.25, -0.2) is 5.43 Å². The van der Waals surface area contributed by atoms with Crippen molar-refractivity contribution < 1.29 is 31.8 Å². The third-order valence-electron chi connectivity index (χ3n) is 5.43. The Bertz CT molecular complexity index is 1460. The number of carbonyl (C=O) groups is 1. The number of nitrogens with zero attached hydrogens (tertiary/aromatic N) is 3. The molecule has 2 heterocycles. The lowest BCUT2D eigenvalue weighted by Gasteiger charge is -2.19. The third-order valence-corrected chi connectivity index (χ3v) is 5.99. The van der Waals surface area contributed by atoms with Gasteiger partial charge in [-0.05, 0) is 42.0 Å². The minimum absolute atomic E-state index is 0.00473. The van der Waals surface area contributed by atoms with E-state index in [1.807, 2.05) is 0 Å². The average molecular weight is 527 g/mol. The SMILES string of the molecule is CC(COS(C)(=O)=O)c1cc2c(cc1/C(=N/NC(=O)c1ccncc1)c1ccc([N+](=O)[O-])cc1)OCO2. The second kappa shape index (κ2) is 10.7. The summed E-state index contributed by atoms with van der Waals surface area (Å²) in [4.78, 5) is 27.2. The standard InChI is InChI=1S/C24H22N4O8S/c1-15(13-36-37(2,32)33)19-11-21-22(35-14-34-21)12-20(19)23(16-3-5-18(6-4-16)28(30)31)26-27-24(29)17-7-9-25-10-8-17/h3-12,15H,13-14H2,1-2H3,(H,27,29)/b26-23+. The molecule has 1 atom stereocenters. The molecule has 1 amide bonds. The number of nitro groups is 1. The van der Waals surface area contributed by atoms with Crippen LogP contribution >= 0.6 is 0 Å². The number of carbonyl (C=O) groups excluding carboxylic acids is 1. The molecule has 1 aliphatic rings. The highest BCUT2D eigenvalue weighted by atomic mass is 32.2. The second-order valence-electron chi connectivity index (χ2n) is 8.12. The van der Waals surface area contributed by atoms with Gasteiger partial charge in [-0.2, -0.15) is 13.5 Å². The van der Waals surface area contributed by atoms with Gasteiger partial charge in [0, 0.05) is 47.1 Å². The number of hydrazone groups is 1. The molecule has 192 valence electrons. The van der Waals surface area contributed by atoms with E-state index in [1.165, 1.54) is 48.8 Å². The molecule has 37 heavy (non-hydrogen) atoms. The van der Waals surface area contributed by atoms with Gasteiger partial charge in [0.25, 0.3) is 21.7 Å². The van der Waals surface area contributed by atoms with Crippen molar-refractivity contribution >= 4 is 27.4 Å². The molecular formula is C24H22N4O8S. The van der Waals surface area contributed by atoms with Crippen molar-refractivity contribution in [2.45, 2.75) is 12.8 Å².